The summed E-state index contributed by atoms with van der Waals surface area (Å²) in [5.74, 6) is 2.32. The predicted octanol–water partition coefficient (Wildman–Crippen LogP) is 4.58. The van der Waals surface area contributed by atoms with Crippen molar-refractivity contribution in [2.24, 2.45) is 11.7 Å². The first-order valence-electron chi connectivity index (χ1n) is 8.14. The second-order valence-electron chi connectivity index (χ2n) is 6.61. The fourth-order valence-electron chi connectivity index (χ4n) is 3.95. The molecule has 2 aliphatic carbocycles. The molecule has 2 N–H and O–H groups in total. The maximum Gasteiger partial charge on any atom is 0.0108 e. The van der Waals surface area contributed by atoms with E-state index in [0.717, 1.165) is 11.8 Å². The Morgan fingerprint density at radius 1 is 1.05 bits per heavy atom. The quantitative estimate of drug-likeness (QED) is 0.843. The molecule has 2 fully saturated rings. The molecular weight excluding hydrogens is 230 g/mol. The van der Waals surface area contributed by atoms with Crippen molar-refractivity contribution >= 4 is 0 Å². The van der Waals surface area contributed by atoms with Crippen LogP contribution in [0.3, 0.4) is 0 Å². The summed E-state index contributed by atoms with van der Waals surface area (Å²) >= 11 is 0. The molecule has 0 radical (unpaired) electrons. The molecule has 1 heteroatoms. The van der Waals surface area contributed by atoms with Gasteiger partial charge in [0.2, 0.25) is 0 Å². The molecule has 104 valence electrons. The minimum atomic E-state index is 0.379. The van der Waals surface area contributed by atoms with E-state index in [9.17, 15) is 0 Å². The maximum absolute atomic E-state index is 6.46. The normalized spacial score (nSPS) is 32.0. The van der Waals surface area contributed by atoms with Gasteiger partial charge in [0.1, 0.15) is 0 Å². The van der Waals surface area contributed by atoms with Crippen LogP contribution in [0.15, 0.2) is 24.3 Å². The molecule has 0 spiro atoms. The number of benzene rings is 1. The molecule has 1 aromatic carbocycles. The first kappa shape index (κ1) is 13.2. The second-order valence-corrected chi connectivity index (χ2v) is 6.61. The monoisotopic (exact) mass is 257 g/mol. The summed E-state index contributed by atoms with van der Waals surface area (Å²) in [5.41, 5.74) is 9.65. The van der Waals surface area contributed by atoms with Crippen molar-refractivity contribution in [3.05, 3.63) is 35.4 Å². The van der Waals surface area contributed by atoms with E-state index >= 15 is 0 Å². The SMILES string of the molecule is CCC1CCC(N)C(c2ccccc2C2CCC2)C1. The molecule has 3 unspecified atom stereocenters. The van der Waals surface area contributed by atoms with E-state index in [1.165, 1.54) is 44.9 Å². The van der Waals surface area contributed by atoms with E-state index in [4.69, 9.17) is 5.73 Å². The van der Waals surface area contributed by atoms with Crippen LogP contribution in [0, 0.1) is 5.92 Å². The third-order valence-corrected chi connectivity index (χ3v) is 5.53. The molecule has 0 saturated heterocycles. The molecule has 1 aromatic rings. The van der Waals surface area contributed by atoms with Crippen LogP contribution in [0.2, 0.25) is 0 Å². The molecule has 2 aliphatic rings. The fourth-order valence-corrected chi connectivity index (χ4v) is 3.95. The van der Waals surface area contributed by atoms with Crippen LogP contribution in [0.5, 0.6) is 0 Å². The summed E-state index contributed by atoms with van der Waals surface area (Å²) in [6.07, 6.45) is 9.35. The van der Waals surface area contributed by atoms with Gasteiger partial charge in [-0.05, 0) is 61.0 Å². The highest BCUT2D eigenvalue weighted by atomic mass is 14.7. The summed E-state index contributed by atoms with van der Waals surface area (Å²) in [7, 11) is 0. The minimum Gasteiger partial charge on any atom is -0.327 e. The van der Waals surface area contributed by atoms with Crippen LogP contribution in [0.25, 0.3) is 0 Å². The molecule has 2 saturated carbocycles. The van der Waals surface area contributed by atoms with Crippen molar-refractivity contribution in [2.75, 3.05) is 0 Å². The van der Waals surface area contributed by atoms with Gasteiger partial charge >= 0.3 is 0 Å². The van der Waals surface area contributed by atoms with Crippen LogP contribution in [-0.2, 0) is 0 Å². The van der Waals surface area contributed by atoms with Crippen molar-refractivity contribution in [1.29, 1.82) is 0 Å². The number of nitrogens with two attached hydrogens (primary N) is 1. The van der Waals surface area contributed by atoms with E-state index in [-0.39, 0.29) is 0 Å². The average Bonchev–Trinajstić information content (AvgIpc) is 2.38. The van der Waals surface area contributed by atoms with Crippen LogP contribution >= 0.6 is 0 Å². The molecule has 0 amide bonds. The van der Waals surface area contributed by atoms with Gasteiger partial charge in [0, 0.05) is 6.04 Å². The lowest BCUT2D eigenvalue weighted by Crippen LogP contribution is -2.35. The number of rotatable bonds is 3. The van der Waals surface area contributed by atoms with Gasteiger partial charge < -0.3 is 5.73 Å². The smallest absolute Gasteiger partial charge is 0.0108 e. The highest BCUT2D eigenvalue weighted by molar-refractivity contribution is 5.35. The van der Waals surface area contributed by atoms with Crippen LogP contribution in [0.1, 0.15) is 74.8 Å². The lowest BCUT2D eigenvalue weighted by Gasteiger charge is -2.37. The van der Waals surface area contributed by atoms with Crippen molar-refractivity contribution < 1.29 is 0 Å². The Labute approximate surface area is 117 Å². The Morgan fingerprint density at radius 2 is 1.79 bits per heavy atom. The number of hydrogen-bond acceptors (Lipinski definition) is 1. The van der Waals surface area contributed by atoms with Gasteiger partial charge in [-0.3, -0.25) is 0 Å². The van der Waals surface area contributed by atoms with Gasteiger partial charge in [0.15, 0.2) is 0 Å². The van der Waals surface area contributed by atoms with Crippen molar-refractivity contribution in [3.8, 4) is 0 Å². The Hall–Kier alpha value is -0.820. The molecule has 0 aromatic heterocycles. The molecule has 0 bridgehead atoms. The average molecular weight is 257 g/mol. The van der Waals surface area contributed by atoms with Crippen LogP contribution in [0.4, 0.5) is 0 Å². The largest absolute Gasteiger partial charge is 0.327 e. The Balaban J connectivity index is 1.87. The minimum absolute atomic E-state index is 0.379. The van der Waals surface area contributed by atoms with Gasteiger partial charge in [-0.25, -0.2) is 0 Å². The summed E-state index contributed by atoms with van der Waals surface area (Å²) in [5, 5.41) is 0. The maximum atomic E-state index is 6.46. The standard InChI is InChI=1S/C18H27N/c1-2-13-10-11-18(19)17(12-13)16-9-4-3-8-15(16)14-6-5-7-14/h3-4,8-9,13-14,17-18H,2,5-7,10-12,19H2,1H3. The summed E-state index contributed by atoms with van der Waals surface area (Å²) in [6, 6.07) is 9.52. The van der Waals surface area contributed by atoms with E-state index in [1.807, 2.05) is 0 Å². The molecule has 0 heterocycles. The zero-order valence-electron chi connectivity index (χ0n) is 12.1. The van der Waals surface area contributed by atoms with Crippen molar-refractivity contribution in [1.82, 2.24) is 0 Å². The van der Waals surface area contributed by atoms with Crippen molar-refractivity contribution in [3.63, 3.8) is 0 Å². The summed E-state index contributed by atoms with van der Waals surface area (Å²) < 4.78 is 0. The molecule has 3 atom stereocenters. The van der Waals surface area contributed by atoms with Crippen LogP contribution < -0.4 is 5.73 Å². The third kappa shape index (κ3) is 2.58. The van der Waals surface area contributed by atoms with Crippen molar-refractivity contribution in [2.45, 2.75) is 69.7 Å². The number of hydrogen-bond donors (Lipinski definition) is 1. The molecule has 0 aliphatic heterocycles. The molecular formula is C18H27N. The Bertz CT molecular complexity index is 421. The summed E-state index contributed by atoms with van der Waals surface area (Å²) in [6.45, 7) is 2.33. The van der Waals surface area contributed by atoms with E-state index in [1.54, 1.807) is 11.1 Å². The van der Waals surface area contributed by atoms with Gasteiger partial charge in [0.05, 0.1) is 0 Å². The first-order valence-corrected chi connectivity index (χ1v) is 8.14. The highest BCUT2D eigenvalue weighted by Crippen LogP contribution is 2.44. The van der Waals surface area contributed by atoms with Gasteiger partial charge in [0.25, 0.3) is 0 Å². The molecule has 19 heavy (non-hydrogen) atoms. The zero-order chi connectivity index (χ0) is 13.2. The fraction of sp³-hybridized carbons (Fsp3) is 0.667. The van der Waals surface area contributed by atoms with E-state index < -0.39 is 0 Å². The second kappa shape index (κ2) is 5.66. The Morgan fingerprint density at radius 3 is 2.42 bits per heavy atom. The lowest BCUT2D eigenvalue weighted by atomic mass is 9.70. The van der Waals surface area contributed by atoms with E-state index in [2.05, 4.69) is 31.2 Å². The van der Waals surface area contributed by atoms with Gasteiger partial charge in [-0.1, -0.05) is 44.0 Å². The topological polar surface area (TPSA) is 26.0 Å². The molecule has 3 rings (SSSR count). The van der Waals surface area contributed by atoms with E-state index in [0.29, 0.717) is 12.0 Å². The van der Waals surface area contributed by atoms with Crippen LogP contribution in [-0.4, -0.2) is 6.04 Å². The zero-order valence-corrected chi connectivity index (χ0v) is 12.1. The summed E-state index contributed by atoms with van der Waals surface area (Å²) in [4.78, 5) is 0. The first-order chi connectivity index (χ1) is 9.29. The Kier molecular flexibility index (Phi) is 3.93. The lowest BCUT2D eigenvalue weighted by molar-refractivity contribution is 0.279. The molecule has 1 nitrogen and oxygen atoms in total. The van der Waals surface area contributed by atoms with Gasteiger partial charge in [-0.2, -0.15) is 0 Å². The predicted molar refractivity (Wildman–Crippen MR) is 81.4 cm³/mol. The highest BCUT2D eigenvalue weighted by Gasteiger charge is 2.32. The third-order valence-electron chi connectivity index (χ3n) is 5.53. The van der Waals surface area contributed by atoms with Gasteiger partial charge in [-0.15, -0.1) is 0 Å².